The molecule has 0 aliphatic rings. The van der Waals surface area contributed by atoms with Crippen molar-refractivity contribution < 1.29 is 4.92 Å². The normalized spacial score (nSPS) is 9.88. The Hall–Kier alpha value is 0.400. The number of hydrogen-bond acceptors (Lipinski definition) is 2. The Balaban J connectivity index is 0. The molecule has 0 aliphatic heterocycles. The summed E-state index contributed by atoms with van der Waals surface area (Å²) in [6.45, 7) is 4.69. The van der Waals surface area contributed by atoms with Crippen LogP contribution in [-0.4, -0.2) is 40.0 Å². The molecule has 0 aromatic carbocycles. The average molecular weight is 127 g/mol. The molecule has 0 unspecified atom stereocenters. The monoisotopic (exact) mass is 127 g/mol. The van der Waals surface area contributed by atoms with Crippen molar-refractivity contribution in [1.82, 2.24) is 0 Å². The molecule has 4 heteroatoms. The number of rotatable bonds is 0. The number of nitrogens with zero attached hydrogens (tertiary/aromatic N) is 1. The van der Waals surface area contributed by atoms with E-state index < -0.39 is 5.54 Å². The molecule has 0 aliphatic carbocycles. The first-order valence-electron chi connectivity index (χ1n) is 2.09. The molecule has 0 spiro atoms. The fraction of sp³-hybridized carbons (Fsp3) is 1.00. The molecule has 0 atom stereocenters. The van der Waals surface area contributed by atoms with Gasteiger partial charge in [-0.1, -0.05) is 0 Å². The summed E-state index contributed by atoms with van der Waals surface area (Å²) in [6.07, 6.45) is 0. The minimum atomic E-state index is -0.778. The van der Waals surface area contributed by atoms with E-state index in [1.54, 1.807) is 20.8 Å². The molecule has 0 aromatic rings. The van der Waals surface area contributed by atoms with Crippen LogP contribution in [0.25, 0.3) is 0 Å². The van der Waals surface area contributed by atoms with Crippen LogP contribution in [0.3, 0.4) is 0 Å². The van der Waals surface area contributed by atoms with Crippen LogP contribution < -0.4 is 0 Å². The molecule has 0 rings (SSSR count). The molecule has 0 N–H and O–H groups in total. The van der Waals surface area contributed by atoms with Crippen molar-refractivity contribution in [3.05, 3.63) is 10.1 Å². The second-order valence-corrected chi connectivity index (χ2v) is 2.43. The molecule has 0 saturated carbocycles. The predicted molar refractivity (Wildman–Crippen MR) is 33.9 cm³/mol. The first-order valence-corrected chi connectivity index (χ1v) is 2.09. The molecule has 0 bridgehead atoms. The molecule has 8 heavy (non-hydrogen) atoms. The van der Waals surface area contributed by atoms with Crippen LogP contribution in [0.5, 0.6) is 0 Å². The molecular weight excluding hydrogens is 117 g/mol. The Kier molecular flexibility index (Phi) is 4.82. The van der Waals surface area contributed by atoms with Gasteiger partial charge in [-0.15, -0.1) is 0 Å². The third-order valence-corrected chi connectivity index (χ3v) is 0.548. The summed E-state index contributed by atoms with van der Waals surface area (Å²) in [6, 6.07) is 0. The predicted octanol–water partition coefficient (Wildman–Crippen LogP) is 0.413. The van der Waals surface area contributed by atoms with Crippen LogP contribution in [0.4, 0.5) is 0 Å². The first kappa shape index (κ1) is 11.2. The Bertz CT molecular complexity index is 86.5. The maximum atomic E-state index is 9.83. The van der Waals surface area contributed by atoms with Gasteiger partial charge in [0.1, 0.15) is 0 Å². The van der Waals surface area contributed by atoms with E-state index in [-0.39, 0.29) is 34.5 Å². The van der Waals surface area contributed by atoms with Gasteiger partial charge in [-0.2, -0.15) is 0 Å². The summed E-state index contributed by atoms with van der Waals surface area (Å²) in [5.74, 6) is 0. The molecule has 0 radical (unpaired) electrons. The van der Waals surface area contributed by atoms with E-state index in [1.165, 1.54) is 0 Å². The van der Waals surface area contributed by atoms with Crippen molar-refractivity contribution in [2.75, 3.05) is 0 Å². The second kappa shape index (κ2) is 3.43. The fourth-order valence-electron chi connectivity index (χ4n) is 0. The van der Waals surface area contributed by atoms with Crippen molar-refractivity contribution in [3.8, 4) is 0 Å². The molecule has 0 saturated heterocycles. The molecular formula is C4H10NNaO2. The van der Waals surface area contributed by atoms with Crippen LogP contribution >= 0.6 is 0 Å². The van der Waals surface area contributed by atoms with Crippen molar-refractivity contribution in [1.29, 1.82) is 0 Å². The third kappa shape index (κ3) is 4.56. The summed E-state index contributed by atoms with van der Waals surface area (Å²) >= 11 is 0. The Morgan fingerprint density at radius 3 is 1.50 bits per heavy atom. The van der Waals surface area contributed by atoms with Crippen LogP contribution in [0.15, 0.2) is 0 Å². The van der Waals surface area contributed by atoms with Crippen molar-refractivity contribution >= 4 is 29.6 Å². The Labute approximate surface area is 70.9 Å². The standard InChI is InChI=1S/C4H9NO2.Na.H/c1-4(2,3)5(6)7;;/h1-3H3;;. The van der Waals surface area contributed by atoms with E-state index in [9.17, 15) is 10.1 Å². The van der Waals surface area contributed by atoms with Crippen molar-refractivity contribution in [2.45, 2.75) is 26.3 Å². The number of nitro groups is 1. The molecule has 0 aromatic heterocycles. The summed E-state index contributed by atoms with van der Waals surface area (Å²) < 4.78 is 0. The van der Waals surface area contributed by atoms with Gasteiger partial charge >= 0.3 is 29.6 Å². The van der Waals surface area contributed by atoms with E-state index in [0.29, 0.717) is 0 Å². The number of hydrogen-bond donors (Lipinski definition) is 0. The zero-order valence-electron chi connectivity index (χ0n) is 4.76. The molecule has 0 heterocycles. The summed E-state index contributed by atoms with van der Waals surface area (Å²) in [5.41, 5.74) is -0.778. The minimum absolute atomic E-state index is 0. The van der Waals surface area contributed by atoms with Crippen molar-refractivity contribution in [2.24, 2.45) is 0 Å². The Morgan fingerprint density at radius 2 is 1.50 bits per heavy atom. The molecule has 44 valence electrons. The van der Waals surface area contributed by atoms with Gasteiger partial charge < -0.3 is 0 Å². The van der Waals surface area contributed by atoms with E-state index >= 15 is 0 Å². The quantitative estimate of drug-likeness (QED) is 0.269. The zero-order chi connectivity index (χ0) is 6.08. The van der Waals surface area contributed by atoms with Gasteiger partial charge in [-0.25, -0.2) is 0 Å². The van der Waals surface area contributed by atoms with Crippen LogP contribution in [-0.2, 0) is 0 Å². The van der Waals surface area contributed by atoms with E-state index in [2.05, 4.69) is 0 Å². The SMILES string of the molecule is CC(C)(C)[N+](=O)[O-].[NaH]. The Morgan fingerprint density at radius 1 is 1.38 bits per heavy atom. The van der Waals surface area contributed by atoms with Crippen LogP contribution in [0, 0.1) is 10.1 Å². The van der Waals surface area contributed by atoms with Gasteiger partial charge in [0.2, 0.25) is 5.54 Å². The van der Waals surface area contributed by atoms with E-state index in [1.807, 2.05) is 0 Å². The van der Waals surface area contributed by atoms with Gasteiger partial charge in [0.15, 0.2) is 0 Å². The van der Waals surface area contributed by atoms with Crippen LogP contribution in [0.2, 0.25) is 0 Å². The van der Waals surface area contributed by atoms with Crippen molar-refractivity contribution in [3.63, 3.8) is 0 Å². The maximum absolute atomic E-state index is 9.83. The van der Waals surface area contributed by atoms with Gasteiger partial charge in [0, 0.05) is 25.7 Å². The molecule has 0 fully saturated rings. The van der Waals surface area contributed by atoms with Gasteiger partial charge in [0.25, 0.3) is 0 Å². The summed E-state index contributed by atoms with van der Waals surface area (Å²) in [5, 5.41) is 9.83. The average Bonchev–Trinajstić information content (AvgIpc) is 1.31. The van der Waals surface area contributed by atoms with Gasteiger partial charge in [-0.05, 0) is 0 Å². The van der Waals surface area contributed by atoms with Gasteiger partial charge in [-0.3, -0.25) is 10.1 Å². The summed E-state index contributed by atoms with van der Waals surface area (Å²) in [4.78, 5) is 9.51. The van der Waals surface area contributed by atoms with E-state index in [4.69, 9.17) is 0 Å². The topological polar surface area (TPSA) is 43.1 Å². The summed E-state index contributed by atoms with van der Waals surface area (Å²) in [7, 11) is 0. The fourth-order valence-corrected chi connectivity index (χ4v) is 0. The molecule has 3 nitrogen and oxygen atoms in total. The second-order valence-electron chi connectivity index (χ2n) is 2.43. The zero-order valence-corrected chi connectivity index (χ0v) is 4.76. The van der Waals surface area contributed by atoms with Gasteiger partial charge in [0.05, 0.1) is 0 Å². The molecule has 0 amide bonds. The first-order chi connectivity index (χ1) is 2.94. The van der Waals surface area contributed by atoms with E-state index in [0.717, 1.165) is 0 Å². The van der Waals surface area contributed by atoms with Crippen LogP contribution in [0.1, 0.15) is 20.8 Å². The third-order valence-electron chi connectivity index (χ3n) is 0.548.